The van der Waals surface area contributed by atoms with Crippen LogP contribution < -0.4 is 5.32 Å². The van der Waals surface area contributed by atoms with Crippen molar-refractivity contribution in [3.63, 3.8) is 0 Å². The van der Waals surface area contributed by atoms with Gasteiger partial charge >= 0.3 is 0 Å². The lowest BCUT2D eigenvalue weighted by atomic mass is 10.0. The van der Waals surface area contributed by atoms with Gasteiger partial charge in [0.05, 0.1) is 29.5 Å². The summed E-state index contributed by atoms with van der Waals surface area (Å²) in [6.07, 6.45) is 5.61. The third kappa shape index (κ3) is 4.33. The normalized spacial score (nSPS) is 15.9. The van der Waals surface area contributed by atoms with Crippen LogP contribution in [0.25, 0.3) is 0 Å². The predicted molar refractivity (Wildman–Crippen MR) is 107 cm³/mol. The van der Waals surface area contributed by atoms with E-state index in [9.17, 15) is 14.9 Å². The third-order valence-corrected chi connectivity index (χ3v) is 4.82. The summed E-state index contributed by atoms with van der Waals surface area (Å²) in [5, 5.41) is 18.9. The minimum absolute atomic E-state index is 0.153. The van der Waals surface area contributed by atoms with Crippen LogP contribution in [0, 0.1) is 10.1 Å². The maximum absolute atomic E-state index is 12.6. The summed E-state index contributed by atoms with van der Waals surface area (Å²) < 4.78 is 7.37. The molecule has 0 unspecified atom stereocenters. The quantitative estimate of drug-likeness (QED) is 0.371. The Morgan fingerprint density at radius 3 is 2.79 bits per heavy atom. The average molecular weight is 392 g/mol. The van der Waals surface area contributed by atoms with Crippen LogP contribution in [-0.4, -0.2) is 33.2 Å². The Bertz CT molecular complexity index is 1030. The molecule has 1 atom stereocenters. The number of anilines is 2. The second-order valence-electron chi connectivity index (χ2n) is 6.90. The number of nitrogens with zero attached hydrogens (tertiary/aromatic N) is 3. The molecule has 1 saturated heterocycles. The molecule has 0 amide bonds. The Labute approximate surface area is 167 Å². The summed E-state index contributed by atoms with van der Waals surface area (Å²) in [5.41, 5.74) is 1.52. The lowest BCUT2D eigenvalue weighted by molar-refractivity contribution is -0.383. The van der Waals surface area contributed by atoms with Crippen molar-refractivity contribution < 1.29 is 14.5 Å². The van der Waals surface area contributed by atoms with Gasteiger partial charge in [-0.05, 0) is 25.0 Å². The molecular weight excluding hydrogens is 372 g/mol. The second kappa shape index (κ2) is 8.24. The highest BCUT2D eigenvalue weighted by Crippen LogP contribution is 2.29. The second-order valence-corrected chi connectivity index (χ2v) is 6.90. The van der Waals surface area contributed by atoms with Gasteiger partial charge in [0.1, 0.15) is 5.69 Å². The van der Waals surface area contributed by atoms with E-state index < -0.39 is 4.92 Å². The minimum atomic E-state index is -0.499. The molecule has 1 fully saturated rings. The van der Waals surface area contributed by atoms with Gasteiger partial charge in [-0.2, -0.15) is 5.10 Å². The predicted octanol–water partition coefficient (Wildman–Crippen LogP) is 3.94. The number of nitro benzene ring substituents is 1. The van der Waals surface area contributed by atoms with E-state index in [0.29, 0.717) is 23.5 Å². The molecule has 0 saturated carbocycles. The van der Waals surface area contributed by atoms with Gasteiger partial charge in [0.25, 0.3) is 5.69 Å². The van der Waals surface area contributed by atoms with Crippen LogP contribution in [0.1, 0.15) is 28.8 Å². The molecule has 4 rings (SSSR count). The van der Waals surface area contributed by atoms with E-state index in [-0.39, 0.29) is 23.1 Å². The number of nitro groups is 1. The van der Waals surface area contributed by atoms with Gasteiger partial charge in [-0.1, -0.05) is 30.3 Å². The summed E-state index contributed by atoms with van der Waals surface area (Å²) in [7, 11) is 0. The molecule has 2 heterocycles. The molecule has 1 aliphatic heterocycles. The molecule has 29 heavy (non-hydrogen) atoms. The maximum Gasteiger partial charge on any atom is 0.293 e. The Morgan fingerprint density at radius 2 is 2.07 bits per heavy atom. The van der Waals surface area contributed by atoms with Crippen LogP contribution in [0.5, 0.6) is 0 Å². The number of nitrogens with one attached hydrogen (secondary N) is 1. The fourth-order valence-corrected chi connectivity index (χ4v) is 3.37. The summed E-state index contributed by atoms with van der Waals surface area (Å²) in [4.78, 5) is 23.7. The summed E-state index contributed by atoms with van der Waals surface area (Å²) >= 11 is 0. The van der Waals surface area contributed by atoms with Crippen molar-refractivity contribution in [2.24, 2.45) is 0 Å². The van der Waals surface area contributed by atoms with Gasteiger partial charge in [-0.25, -0.2) is 0 Å². The molecule has 1 N–H and O–H groups in total. The molecule has 8 heteroatoms. The van der Waals surface area contributed by atoms with E-state index in [0.717, 1.165) is 19.4 Å². The van der Waals surface area contributed by atoms with E-state index in [1.807, 2.05) is 6.07 Å². The Kier molecular flexibility index (Phi) is 5.35. The van der Waals surface area contributed by atoms with Crippen LogP contribution in [0.15, 0.2) is 60.9 Å². The Morgan fingerprint density at radius 1 is 1.24 bits per heavy atom. The van der Waals surface area contributed by atoms with E-state index in [2.05, 4.69) is 10.4 Å². The lowest BCUT2D eigenvalue weighted by Crippen LogP contribution is -2.15. The molecule has 148 valence electrons. The van der Waals surface area contributed by atoms with Crippen LogP contribution in [0.4, 0.5) is 17.1 Å². The molecule has 0 bridgehead atoms. The number of carbonyl (C=O) groups is 1. The standard InChI is InChI=1S/C21H20N4O4/c26-21(15-5-2-1-3-6-15)16-8-9-19(20(11-16)25(27)28)23-17-12-22-24(13-17)14-18-7-4-10-29-18/h1-3,5-6,8-9,11-13,18,23H,4,7,10,14H2/t18-/m0/s1. The number of hydrogen-bond acceptors (Lipinski definition) is 6. The number of carbonyl (C=O) groups excluding carboxylic acids is 1. The average Bonchev–Trinajstić information content (AvgIpc) is 3.41. The smallest absolute Gasteiger partial charge is 0.293 e. The van der Waals surface area contributed by atoms with Crippen LogP contribution in [0.3, 0.4) is 0 Å². The first-order chi connectivity index (χ1) is 14.1. The molecule has 1 aromatic heterocycles. The van der Waals surface area contributed by atoms with Gasteiger partial charge in [0.2, 0.25) is 0 Å². The molecular formula is C21H20N4O4. The van der Waals surface area contributed by atoms with Crippen molar-refractivity contribution in [3.8, 4) is 0 Å². The van der Waals surface area contributed by atoms with Crippen LogP contribution in [0.2, 0.25) is 0 Å². The molecule has 0 spiro atoms. The van der Waals surface area contributed by atoms with E-state index in [1.165, 1.54) is 6.07 Å². The van der Waals surface area contributed by atoms with Crippen molar-refractivity contribution in [2.75, 3.05) is 11.9 Å². The third-order valence-electron chi connectivity index (χ3n) is 4.82. The number of rotatable bonds is 7. The fraction of sp³-hybridized carbons (Fsp3) is 0.238. The first-order valence-corrected chi connectivity index (χ1v) is 9.39. The maximum atomic E-state index is 12.6. The molecule has 0 aliphatic carbocycles. The van der Waals surface area contributed by atoms with E-state index >= 15 is 0 Å². The van der Waals surface area contributed by atoms with E-state index in [4.69, 9.17) is 4.74 Å². The van der Waals surface area contributed by atoms with Crippen molar-refractivity contribution in [2.45, 2.75) is 25.5 Å². The molecule has 3 aromatic rings. The zero-order valence-corrected chi connectivity index (χ0v) is 15.7. The first-order valence-electron chi connectivity index (χ1n) is 9.39. The first kappa shape index (κ1) is 18.8. The van der Waals surface area contributed by atoms with Crippen molar-refractivity contribution >= 4 is 22.8 Å². The molecule has 0 radical (unpaired) electrons. The number of ether oxygens (including phenoxy) is 1. The van der Waals surface area contributed by atoms with Gasteiger partial charge < -0.3 is 10.1 Å². The van der Waals surface area contributed by atoms with Gasteiger partial charge in [-0.3, -0.25) is 19.6 Å². The lowest BCUT2D eigenvalue weighted by Gasteiger charge is -2.09. The topological polar surface area (TPSA) is 99.3 Å². The highest BCUT2D eigenvalue weighted by atomic mass is 16.6. The summed E-state index contributed by atoms with van der Waals surface area (Å²) in [6, 6.07) is 13.1. The van der Waals surface area contributed by atoms with Crippen molar-refractivity contribution in [3.05, 3.63) is 82.2 Å². The molecule has 1 aliphatic rings. The number of hydrogen-bond donors (Lipinski definition) is 1. The van der Waals surface area contributed by atoms with E-state index in [1.54, 1.807) is 53.5 Å². The summed E-state index contributed by atoms with van der Waals surface area (Å²) in [5.74, 6) is -0.260. The van der Waals surface area contributed by atoms with Gasteiger partial charge in [0.15, 0.2) is 5.78 Å². The molecule has 2 aromatic carbocycles. The monoisotopic (exact) mass is 392 g/mol. The Balaban J connectivity index is 1.54. The highest BCUT2D eigenvalue weighted by Gasteiger charge is 2.20. The van der Waals surface area contributed by atoms with Gasteiger partial charge in [-0.15, -0.1) is 0 Å². The number of benzene rings is 2. The number of ketones is 1. The van der Waals surface area contributed by atoms with Crippen molar-refractivity contribution in [1.82, 2.24) is 9.78 Å². The summed E-state index contributed by atoms with van der Waals surface area (Å²) in [6.45, 7) is 1.42. The van der Waals surface area contributed by atoms with Gasteiger partial charge in [0, 0.05) is 30.0 Å². The van der Waals surface area contributed by atoms with Crippen LogP contribution in [-0.2, 0) is 11.3 Å². The minimum Gasteiger partial charge on any atom is -0.376 e. The zero-order valence-electron chi connectivity index (χ0n) is 15.7. The Hall–Kier alpha value is -3.52. The highest BCUT2D eigenvalue weighted by molar-refractivity contribution is 6.09. The zero-order chi connectivity index (χ0) is 20.2. The SMILES string of the molecule is O=C(c1ccccc1)c1ccc(Nc2cnn(C[C@@H]3CCCO3)c2)c([N+](=O)[O-])c1. The largest absolute Gasteiger partial charge is 0.376 e. The molecule has 8 nitrogen and oxygen atoms in total. The van der Waals surface area contributed by atoms with Crippen molar-refractivity contribution in [1.29, 1.82) is 0 Å². The number of aromatic nitrogens is 2. The van der Waals surface area contributed by atoms with Crippen LogP contribution >= 0.6 is 0 Å². The fourth-order valence-electron chi connectivity index (χ4n) is 3.37.